The predicted molar refractivity (Wildman–Crippen MR) is 85.5 cm³/mol. The number of para-hydroxylation sites is 1. The first-order valence-electron chi connectivity index (χ1n) is 8.01. The summed E-state index contributed by atoms with van der Waals surface area (Å²) in [5.74, 6) is 2.52. The van der Waals surface area contributed by atoms with Gasteiger partial charge in [0.05, 0.1) is 0 Å². The molecule has 1 heterocycles. The molecule has 0 bridgehead atoms. The highest BCUT2D eigenvalue weighted by Crippen LogP contribution is 2.42. The van der Waals surface area contributed by atoms with Crippen LogP contribution in [0.25, 0.3) is 5.69 Å². The fourth-order valence-corrected chi connectivity index (χ4v) is 3.53. The van der Waals surface area contributed by atoms with Crippen LogP contribution in [0.5, 0.6) is 0 Å². The van der Waals surface area contributed by atoms with E-state index in [0.717, 1.165) is 17.4 Å². The minimum atomic E-state index is 0.429. The highest BCUT2D eigenvalue weighted by Gasteiger charge is 2.32. The molecule has 112 valence electrons. The maximum atomic E-state index is 4.42. The molecule has 3 rings (SSSR count). The maximum Gasteiger partial charge on any atom is 0.140 e. The molecule has 1 aliphatic carbocycles. The number of hydrogen-bond acceptors (Lipinski definition) is 2. The largest absolute Gasteiger partial charge is 0.285 e. The molecule has 0 radical (unpaired) electrons. The molecule has 2 aromatic rings. The molecule has 0 amide bonds. The zero-order valence-corrected chi connectivity index (χ0v) is 13.3. The van der Waals surface area contributed by atoms with E-state index in [0.29, 0.717) is 11.3 Å². The highest BCUT2D eigenvalue weighted by atomic mass is 15.3. The summed E-state index contributed by atoms with van der Waals surface area (Å²) >= 11 is 0. The Hall–Kier alpha value is -1.64. The molecule has 0 atom stereocenters. The Morgan fingerprint density at radius 3 is 2.29 bits per heavy atom. The molecule has 21 heavy (non-hydrogen) atoms. The fraction of sp³-hybridized carbons (Fsp3) is 0.556. The van der Waals surface area contributed by atoms with Crippen molar-refractivity contribution in [2.75, 3.05) is 0 Å². The number of aromatic nitrogens is 3. The van der Waals surface area contributed by atoms with Crippen molar-refractivity contribution >= 4 is 0 Å². The Kier molecular flexibility index (Phi) is 3.83. The summed E-state index contributed by atoms with van der Waals surface area (Å²) < 4.78 is 2.15. The molecule has 3 heteroatoms. The first-order valence-corrected chi connectivity index (χ1v) is 8.01. The van der Waals surface area contributed by atoms with Crippen LogP contribution in [0, 0.1) is 11.3 Å². The zero-order valence-electron chi connectivity index (χ0n) is 13.3. The molecule has 0 N–H and O–H groups in total. The van der Waals surface area contributed by atoms with Gasteiger partial charge in [-0.2, -0.15) is 0 Å². The van der Waals surface area contributed by atoms with Crippen LogP contribution in [-0.2, 0) is 0 Å². The Morgan fingerprint density at radius 2 is 1.67 bits per heavy atom. The molecule has 3 nitrogen and oxygen atoms in total. The van der Waals surface area contributed by atoms with Crippen LogP contribution in [0.2, 0.25) is 0 Å². The molecule has 1 fully saturated rings. The van der Waals surface area contributed by atoms with Gasteiger partial charge in [0.2, 0.25) is 0 Å². The third-order valence-electron chi connectivity index (χ3n) is 4.93. The van der Waals surface area contributed by atoms with Gasteiger partial charge >= 0.3 is 0 Å². The first-order chi connectivity index (χ1) is 10.1. The van der Waals surface area contributed by atoms with E-state index in [2.05, 4.69) is 59.8 Å². The Labute approximate surface area is 127 Å². The van der Waals surface area contributed by atoms with Crippen molar-refractivity contribution in [2.45, 2.75) is 52.4 Å². The summed E-state index contributed by atoms with van der Waals surface area (Å²) in [4.78, 5) is 0. The van der Waals surface area contributed by atoms with E-state index < -0.39 is 0 Å². The van der Waals surface area contributed by atoms with E-state index in [1.807, 2.05) is 12.4 Å². The van der Waals surface area contributed by atoms with Crippen LogP contribution in [-0.4, -0.2) is 14.8 Å². The second-order valence-electron chi connectivity index (χ2n) is 7.31. The average molecular weight is 283 g/mol. The fourth-order valence-electron chi connectivity index (χ4n) is 3.53. The van der Waals surface area contributed by atoms with Crippen LogP contribution < -0.4 is 0 Å². The lowest BCUT2D eigenvalue weighted by Crippen LogP contribution is -2.26. The SMILES string of the molecule is CC(C)(C)C1CCC(c2nncn2-c2ccccc2)CC1. The van der Waals surface area contributed by atoms with Gasteiger partial charge < -0.3 is 0 Å². The predicted octanol–water partition coefficient (Wildman–Crippen LogP) is 4.59. The van der Waals surface area contributed by atoms with Gasteiger partial charge in [-0.1, -0.05) is 39.0 Å². The van der Waals surface area contributed by atoms with E-state index in [1.54, 1.807) is 0 Å². The minimum Gasteiger partial charge on any atom is -0.285 e. The molecule has 1 aromatic carbocycles. The summed E-state index contributed by atoms with van der Waals surface area (Å²) in [6.45, 7) is 7.10. The summed E-state index contributed by atoms with van der Waals surface area (Å²) in [7, 11) is 0. The number of hydrogen-bond donors (Lipinski definition) is 0. The van der Waals surface area contributed by atoms with Gasteiger partial charge in [-0.3, -0.25) is 4.57 Å². The van der Waals surface area contributed by atoms with Crippen LogP contribution in [0.4, 0.5) is 0 Å². The molecule has 0 spiro atoms. The summed E-state index contributed by atoms with van der Waals surface area (Å²) in [6.07, 6.45) is 6.91. The first kappa shape index (κ1) is 14.3. The standard InChI is InChI=1S/C18H25N3/c1-18(2,3)15-11-9-14(10-12-15)17-20-19-13-21(17)16-7-5-4-6-8-16/h4-8,13-15H,9-12H2,1-3H3. The van der Waals surface area contributed by atoms with E-state index in [1.165, 1.54) is 25.7 Å². The van der Waals surface area contributed by atoms with E-state index in [4.69, 9.17) is 0 Å². The number of nitrogens with zero attached hydrogens (tertiary/aromatic N) is 3. The van der Waals surface area contributed by atoms with Crippen molar-refractivity contribution in [3.8, 4) is 5.69 Å². The second-order valence-corrected chi connectivity index (χ2v) is 7.31. The lowest BCUT2D eigenvalue weighted by atomic mass is 9.69. The second kappa shape index (κ2) is 5.63. The molecule has 0 unspecified atom stereocenters. The van der Waals surface area contributed by atoms with Crippen molar-refractivity contribution < 1.29 is 0 Å². The highest BCUT2D eigenvalue weighted by molar-refractivity contribution is 5.32. The van der Waals surface area contributed by atoms with Gasteiger partial charge in [-0.05, 0) is 49.1 Å². The average Bonchev–Trinajstić information content (AvgIpc) is 2.97. The van der Waals surface area contributed by atoms with Gasteiger partial charge in [0, 0.05) is 11.6 Å². The molecular weight excluding hydrogens is 258 g/mol. The molecule has 0 aliphatic heterocycles. The molecule has 1 saturated carbocycles. The quantitative estimate of drug-likeness (QED) is 0.807. The smallest absolute Gasteiger partial charge is 0.140 e. The molecular formula is C18H25N3. The van der Waals surface area contributed by atoms with Crippen LogP contribution in [0.3, 0.4) is 0 Å². The topological polar surface area (TPSA) is 30.7 Å². The third kappa shape index (κ3) is 3.02. The van der Waals surface area contributed by atoms with Gasteiger partial charge in [-0.25, -0.2) is 0 Å². The third-order valence-corrected chi connectivity index (χ3v) is 4.93. The van der Waals surface area contributed by atoms with Crippen molar-refractivity contribution in [2.24, 2.45) is 11.3 Å². The number of rotatable bonds is 2. The monoisotopic (exact) mass is 283 g/mol. The van der Waals surface area contributed by atoms with Crippen LogP contribution >= 0.6 is 0 Å². The lowest BCUT2D eigenvalue weighted by Gasteiger charge is -2.36. The van der Waals surface area contributed by atoms with Gasteiger partial charge in [-0.15, -0.1) is 10.2 Å². The van der Waals surface area contributed by atoms with Crippen molar-refractivity contribution in [1.29, 1.82) is 0 Å². The van der Waals surface area contributed by atoms with E-state index >= 15 is 0 Å². The summed E-state index contributed by atoms with van der Waals surface area (Å²) in [5.41, 5.74) is 1.59. The summed E-state index contributed by atoms with van der Waals surface area (Å²) in [6, 6.07) is 10.4. The Bertz CT molecular complexity index is 572. The molecule has 0 saturated heterocycles. The van der Waals surface area contributed by atoms with Crippen molar-refractivity contribution in [3.05, 3.63) is 42.5 Å². The van der Waals surface area contributed by atoms with Crippen LogP contribution in [0.15, 0.2) is 36.7 Å². The lowest BCUT2D eigenvalue weighted by molar-refractivity contribution is 0.167. The van der Waals surface area contributed by atoms with Gasteiger partial charge in [0.15, 0.2) is 0 Å². The van der Waals surface area contributed by atoms with Gasteiger partial charge in [0.1, 0.15) is 12.2 Å². The van der Waals surface area contributed by atoms with E-state index in [-0.39, 0.29) is 0 Å². The van der Waals surface area contributed by atoms with E-state index in [9.17, 15) is 0 Å². The Morgan fingerprint density at radius 1 is 1.00 bits per heavy atom. The Balaban J connectivity index is 1.77. The normalized spacial score (nSPS) is 23.2. The van der Waals surface area contributed by atoms with Crippen molar-refractivity contribution in [1.82, 2.24) is 14.8 Å². The van der Waals surface area contributed by atoms with Crippen LogP contribution in [0.1, 0.15) is 58.2 Å². The molecule has 1 aromatic heterocycles. The number of benzene rings is 1. The minimum absolute atomic E-state index is 0.429. The zero-order chi connectivity index (χ0) is 14.9. The maximum absolute atomic E-state index is 4.42. The van der Waals surface area contributed by atoms with Crippen molar-refractivity contribution in [3.63, 3.8) is 0 Å². The summed E-state index contributed by atoms with van der Waals surface area (Å²) in [5, 5.41) is 8.57. The van der Waals surface area contributed by atoms with Gasteiger partial charge in [0.25, 0.3) is 0 Å². The molecule has 1 aliphatic rings.